The zero-order valence-corrected chi connectivity index (χ0v) is 13.5. The summed E-state index contributed by atoms with van der Waals surface area (Å²) < 4.78 is 0. The van der Waals surface area contributed by atoms with Crippen molar-refractivity contribution >= 4 is 29.1 Å². The van der Waals surface area contributed by atoms with Crippen molar-refractivity contribution in [3.05, 3.63) is 38.9 Å². The van der Waals surface area contributed by atoms with E-state index in [4.69, 9.17) is 11.6 Å². The third-order valence-electron chi connectivity index (χ3n) is 3.22. The van der Waals surface area contributed by atoms with Gasteiger partial charge in [0.25, 0.3) is 11.6 Å². The molecule has 8 heteroatoms. The van der Waals surface area contributed by atoms with Crippen LogP contribution in [0.2, 0.25) is 5.02 Å². The summed E-state index contributed by atoms with van der Waals surface area (Å²) in [6, 6.07) is 3.82. The fraction of sp³-hybridized carbons (Fsp3) is 0.429. The van der Waals surface area contributed by atoms with Crippen molar-refractivity contribution in [1.82, 2.24) is 9.80 Å². The second kappa shape index (κ2) is 7.74. The number of carbonyl (C=O) groups is 2. The van der Waals surface area contributed by atoms with Gasteiger partial charge < -0.3 is 9.80 Å². The van der Waals surface area contributed by atoms with Crippen LogP contribution in [0.25, 0.3) is 0 Å². The lowest BCUT2D eigenvalue weighted by Gasteiger charge is -2.23. The van der Waals surface area contributed by atoms with Gasteiger partial charge in [0, 0.05) is 31.2 Å². The molecule has 1 aromatic rings. The van der Waals surface area contributed by atoms with Crippen LogP contribution in [0, 0.1) is 10.1 Å². The second-order valence-electron chi connectivity index (χ2n) is 4.65. The normalized spacial score (nSPS) is 10.2. The van der Waals surface area contributed by atoms with Gasteiger partial charge in [0.1, 0.15) is 5.56 Å². The van der Waals surface area contributed by atoms with Crippen molar-refractivity contribution in [3.63, 3.8) is 0 Å². The Balaban J connectivity index is 2.97. The summed E-state index contributed by atoms with van der Waals surface area (Å²) in [6.45, 7) is 4.62. The molecule has 0 N–H and O–H groups in total. The van der Waals surface area contributed by atoms with Crippen LogP contribution in [0.3, 0.4) is 0 Å². The summed E-state index contributed by atoms with van der Waals surface area (Å²) in [6.07, 6.45) is 0. The highest BCUT2D eigenvalue weighted by atomic mass is 35.5. The molecule has 0 fully saturated rings. The number of rotatable bonds is 6. The van der Waals surface area contributed by atoms with E-state index in [0.29, 0.717) is 13.1 Å². The molecule has 0 saturated carbocycles. The van der Waals surface area contributed by atoms with Gasteiger partial charge in [0.15, 0.2) is 0 Å². The van der Waals surface area contributed by atoms with Crippen molar-refractivity contribution in [1.29, 1.82) is 0 Å². The minimum absolute atomic E-state index is 0.0933. The van der Waals surface area contributed by atoms with Crippen molar-refractivity contribution in [2.24, 2.45) is 0 Å². The quantitative estimate of drug-likeness (QED) is 0.592. The maximum absolute atomic E-state index is 12.3. The molecule has 0 bridgehead atoms. The standard InChI is InChI=1S/C14H18ClN3O4/c1-4-17(5-2)13(19)9-16(3)14(20)11-7-6-10(15)8-12(11)18(21)22/h6-8H,4-5,9H2,1-3H3. The summed E-state index contributed by atoms with van der Waals surface area (Å²) in [7, 11) is 1.43. The van der Waals surface area contributed by atoms with Gasteiger partial charge in [-0.3, -0.25) is 19.7 Å². The Bertz CT molecular complexity index is 587. The predicted molar refractivity (Wildman–Crippen MR) is 83.0 cm³/mol. The zero-order valence-electron chi connectivity index (χ0n) is 12.7. The van der Waals surface area contributed by atoms with E-state index in [9.17, 15) is 19.7 Å². The number of likely N-dealkylation sites (N-methyl/N-ethyl adjacent to an activating group) is 2. The number of nitro groups is 1. The Morgan fingerprint density at radius 1 is 1.27 bits per heavy atom. The lowest BCUT2D eigenvalue weighted by Crippen LogP contribution is -2.41. The van der Waals surface area contributed by atoms with E-state index in [0.717, 1.165) is 11.0 Å². The minimum Gasteiger partial charge on any atom is -0.342 e. The largest absolute Gasteiger partial charge is 0.342 e. The van der Waals surface area contributed by atoms with E-state index in [-0.39, 0.29) is 28.7 Å². The first-order valence-corrected chi connectivity index (χ1v) is 7.16. The summed E-state index contributed by atoms with van der Waals surface area (Å²) in [5.41, 5.74) is -0.469. The van der Waals surface area contributed by atoms with Gasteiger partial charge in [-0.1, -0.05) is 11.6 Å². The number of benzene rings is 1. The molecule has 1 rings (SSSR count). The van der Waals surface area contributed by atoms with Gasteiger partial charge in [-0.05, 0) is 26.0 Å². The first-order valence-electron chi connectivity index (χ1n) is 6.78. The molecule has 0 atom stereocenters. The molecule has 0 unspecified atom stereocenters. The number of hydrogen-bond acceptors (Lipinski definition) is 4. The summed E-state index contributed by atoms with van der Waals surface area (Å²) in [5, 5.41) is 11.2. The minimum atomic E-state index is -0.667. The van der Waals surface area contributed by atoms with E-state index in [2.05, 4.69) is 0 Å². The van der Waals surface area contributed by atoms with Gasteiger partial charge in [0.05, 0.1) is 11.5 Å². The molecule has 120 valence electrons. The summed E-state index contributed by atoms with van der Waals surface area (Å²) in [4.78, 5) is 37.4. The molecule has 0 aliphatic carbocycles. The Kier molecular flexibility index (Phi) is 6.30. The maximum Gasteiger partial charge on any atom is 0.283 e. The Morgan fingerprint density at radius 2 is 1.86 bits per heavy atom. The molecule has 0 aliphatic rings. The van der Waals surface area contributed by atoms with Crippen LogP contribution < -0.4 is 0 Å². The van der Waals surface area contributed by atoms with Gasteiger partial charge in [-0.2, -0.15) is 0 Å². The van der Waals surface area contributed by atoms with Crippen molar-refractivity contribution in [2.75, 3.05) is 26.7 Å². The van der Waals surface area contributed by atoms with E-state index in [1.807, 2.05) is 13.8 Å². The molecule has 0 saturated heterocycles. The van der Waals surface area contributed by atoms with Gasteiger partial charge in [0.2, 0.25) is 5.91 Å². The van der Waals surface area contributed by atoms with Crippen molar-refractivity contribution in [2.45, 2.75) is 13.8 Å². The molecular formula is C14H18ClN3O4. The number of carbonyl (C=O) groups excluding carboxylic acids is 2. The highest BCUT2D eigenvalue weighted by Gasteiger charge is 2.25. The van der Waals surface area contributed by atoms with Crippen LogP contribution in [0.5, 0.6) is 0 Å². The van der Waals surface area contributed by atoms with Crippen molar-refractivity contribution in [3.8, 4) is 0 Å². The average Bonchev–Trinajstić information content (AvgIpc) is 2.47. The van der Waals surface area contributed by atoms with Crippen LogP contribution in [0.15, 0.2) is 18.2 Å². The molecule has 1 aromatic carbocycles. The van der Waals surface area contributed by atoms with Crippen molar-refractivity contribution < 1.29 is 14.5 Å². The molecule has 7 nitrogen and oxygen atoms in total. The van der Waals surface area contributed by atoms with Crippen LogP contribution in [0.4, 0.5) is 5.69 Å². The smallest absolute Gasteiger partial charge is 0.283 e. The zero-order chi connectivity index (χ0) is 16.9. The number of hydrogen-bond donors (Lipinski definition) is 0. The monoisotopic (exact) mass is 327 g/mol. The molecular weight excluding hydrogens is 310 g/mol. The number of nitrogens with zero attached hydrogens (tertiary/aromatic N) is 3. The second-order valence-corrected chi connectivity index (χ2v) is 5.08. The van der Waals surface area contributed by atoms with Crippen LogP contribution >= 0.6 is 11.6 Å². The molecule has 22 heavy (non-hydrogen) atoms. The fourth-order valence-corrected chi connectivity index (χ4v) is 2.16. The van der Waals surface area contributed by atoms with E-state index in [1.54, 1.807) is 4.90 Å². The Morgan fingerprint density at radius 3 is 2.36 bits per heavy atom. The average molecular weight is 328 g/mol. The van der Waals surface area contributed by atoms with Gasteiger partial charge >= 0.3 is 0 Å². The third-order valence-corrected chi connectivity index (χ3v) is 3.46. The molecule has 0 radical (unpaired) electrons. The van der Waals surface area contributed by atoms with Gasteiger partial charge in [-0.25, -0.2) is 0 Å². The van der Waals surface area contributed by atoms with Gasteiger partial charge in [-0.15, -0.1) is 0 Å². The lowest BCUT2D eigenvalue weighted by atomic mass is 10.1. The number of nitro benzene ring substituents is 1. The summed E-state index contributed by atoms with van der Waals surface area (Å²) >= 11 is 5.72. The van der Waals surface area contributed by atoms with E-state index >= 15 is 0 Å². The first kappa shape index (κ1) is 17.9. The highest BCUT2D eigenvalue weighted by molar-refractivity contribution is 6.31. The SMILES string of the molecule is CCN(CC)C(=O)CN(C)C(=O)c1ccc(Cl)cc1[N+](=O)[O-]. The third kappa shape index (κ3) is 4.17. The van der Waals surface area contributed by atoms with Crippen LogP contribution in [-0.2, 0) is 4.79 Å². The maximum atomic E-state index is 12.3. The Hall–Kier alpha value is -2.15. The molecule has 0 spiro atoms. The number of halogens is 1. The molecule has 0 aliphatic heterocycles. The molecule has 0 aromatic heterocycles. The first-order chi connectivity index (χ1) is 10.3. The molecule has 0 heterocycles. The van der Waals surface area contributed by atoms with Crippen LogP contribution in [-0.4, -0.2) is 53.2 Å². The number of amides is 2. The Labute approximate surface area is 133 Å². The fourth-order valence-electron chi connectivity index (χ4n) is 1.99. The summed E-state index contributed by atoms with van der Waals surface area (Å²) in [5.74, 6) is -0.804. The predicted octanol–water partition coefficient (Wildman–Crippen LogP) is 2.19. The highest BCUT2D eigenvalue weighted by Crippen LogP contribution is 2.24. The van der Waals surface area contributed by atoms with E-state index < -0.39 is 10.8 Å². The van der Waals surface area contributed by atoms with Crippen LogP contribution in [0.1, 0.15) is 24.2 Å². The van der Waals surface area contributed by atoms with E-state index in [1.165, 1.54) is 19.2 Å². The lowest BCUT2D eigenvalue weighted by molar-refractivity contribution is -0.385. The topological polar surface area (TPSA) is 83.8 Å². The molecule has 2 amide bonds.